The number of pyridine rings is 1. The summed E-state index contributed by atoms with van der Waals surface area (Å²) in [5.41, 5.74) is 4.00. The Morgan fingerprint density at radius 1 is 1.47 bits per heavy atom. The molecule has 84 valence electrons. The molecule has 0 fully saturated rings. The quantitative estimate of drug-likeness (QED) is 0.622. The molecule has 0 radical (unpaired) electrons. The van der Waals surface area contributed by atoms with Crippen molar-refractivity contribution in [3.8, 4) is 0 Å². The van der Waals surface area contributed by atoms with Crippen LogP contribution in [0.15, 0.2) is 18.5 Å². The molecule has 1 rings (SSSR count). The average molecular weight is 220 g/mol. The highest BCUT2D eigenvalue weighted by Crippen LogP contribution is 2.13. The summed E-state index contributed by atoms with van der Waals surface area (Å²) >= 11 is 0. The fourth-order valence-corrected chi connectivity index (χ4v) is 0.943. The Morgan fingerprint density at radius 2 is 2.20 bits per heavy atom. The molecule has 0 spiro atoms. The van der Waals surface area contributed by atoms with Gasteiger partial charge in [-0.2, -0.15) is 18.7 Å². The lowest BCUT2D eigenvalue weighted by Gasteiger charge is -2.09. The standard InChI is InChI=1S/C9H11F3N2O/c1-7-2-3-13-4-8(7)5-14-15-6-9(10,11)12/h2-4,14H,5-6H2,1H3. The van der Waals surface area contributed by atoms with Crippen LogP contribution in [0.25, 0.3) is 0 Å². The molecule has 1 N–H and O–H groups in total. The van der Waals surface area contributed by atoms with Gasteiger partial charge in [-0.3, -0.25) is 9.82 Å². The zero-order valence-electron chi connectivity index (χ0n) is 8.14. The molecule has 15 heavy (non-hydrogen) atoms. The van der Waals surface area contributed by atoms with E-state index in [4.69, 9.17) is 0 Å². The molecule has 0 bridgehead atoms. The second-order valence-corrected chi connectivity index (χ2v) is 3.03. The molecule has 3 nitrogen and oxygen atoms in total. The Balaban J connectivity index is 2.30. The lowest BCUT2D eigenvalue weighted by Crippen LogP contribution is -2.24. The van der Waals surface area contributed by atoms with Crippen LogP contribution in [-0.2, 0) is 11.4 Å². The first-order chi connectivity index (χ1) is 6.99. The molecule has 1 heterocycles. The van der Waals surface area contributed by atoms with Crippen LogP contribution in [0, 0.1) is 6.92 Å². The van der Waals surface area contributed by atoms with Gasteiger partial charge in [-0.05, 0) is 24.1 Å². The number of rotatable bonds is 4. The van der Waals surface area contributed by atoms with E-state index in [0.29, 0.717) is 0 Å². The molecule has 0 aliphatic rings. The van der Waals surface area contributed by atoms with Crippen molar-refractivity contribution in [2.75, 3.05) is 6.61 Å². The fraction of sp³-hybridized carbons (Fsp3) is 0.444. The summed E-state index contributed by atoms with van der Waals surface area (Å²) < 4.78 is 35.1. The van der Waals surface area contributed by atoms with Gasteiger partial charge in [0, 0.05) is 18.9 Å². The molecule has 0 amide bonds. The second-order valence-electron chi connectivity index (χ2n) is 3.03. The van der Waals surface area contributed by atoms with Gasteiger partial charge in [-0.15, -0.1) is 0 Å². The number of hydroxylamine groups is 1. The second kappa shape index (κ2) is 5.09. The van der Waals surface area contributed by atoms with Gasteiger partial charge in [0.25, 0.3) is 0 Å². The highest BCUT2D eigenvalue weighted by Gasteiger charge is 2.27. The number of hydrogen-bond donors (Lipinski definition) is 1. The van der Waals surface area contributed by atoms with Crippen LogP contribution >= 0.6 is 0 Å². The Morgan fingerprint density at radius 3 is 2.80 bits per heavy atom. The lowest BCUT2D eigenvalue weighted by molar-refractivity contribution is -0.190. The molecule has 0 aliphatic carbocycles. The van der Waals surface area contributed by atoms with Crippen molar-refractivity contribution < 1.29 is 18.0 Å². The number of nitrogens with one attached hydrogen (secondary N) is 1. The number of halogens is 3. The summed E-state index contributed by atoms with van der Waals surface area (Å²) in [4.78, 5) is 8.11. The van der Waals surface area contributed by atoms with E-state index in [1.807, 2.05) is 6.92 Å². The molecule has 0 aromatic carbocycles. The highest BCUT2D eigenvalue weighted by atomic mass is 19.4. The highest BCUT2D eigenvalue weighted by molar-refractivity contribution is 5.20. The Labute approximate surface area is 85.2 Å². The maximum absolute atomic E-state index is 11.7. The van der Waals surface area contributed by atoms with Gasteiger partial charge in [0.05, 0.1) is 0 Å². The molecule has 0 aliphatic heterocycles. The van der Waals surface area contributed by atoms with Crippen molar-refractivity contribution in [3.63, 3.8) is 0 Å². The summed E-state index contributed by atoms with van der Waals surface area (Å²) in [7, 11) is 0. The van der Waals surface area contributed by atoms with Crippen LogP contribution in [0.3, 0.4) is 0 Å². The SMILES string of the molecule is Cc1ccncc1CNOCC(F)(F)F. The predicted molar refractivity (Wildman–Crippen MR) is 47.8 cm³/mol. The minimum absolute atomic E-state index is 0.204. The largest absolute Gasteiger partial charge is 0.413 e. The molecular formula is C9H11F3N2O. The maximum Gasteiger partial charge on any atom is 0.413 e. The topological polar surface area (TPSA) is 34.2 Å². The number of aryl methyl sites for hydroxylation is 1. The van der Waals surface area contributed by atoms with Crippen LogP contribution in [-0.4, -0.2) is 17.8 Å². The van der Waals surface area contributed by atoms with E-state index in [2.05, 4.69) is 15.3 Å². The summed E-state index contributed by atoms with van der Waals surface area (Å²) in [6.45, 7) is 0.754. The Hall–Kier alpha value is -1.14. The van der Waals surface area contributed by atoms with Gasteiger partial charge in [-0.25, -0.2) is 0 Å². The summed E-state index contributed by atoms with van der Waals surface area (Å²) in [6.07, 6.45) is -1.11. The molecule has 0 saturated heterocycles. The van der Waals surface area contributed by atoms with Gasteiger partial charge < -0.3 is 0 Å². The smallest absolute Gasteiger partial charge is 0.292 e. The van der Waals surface area contributed by atoms with Crippen LogP contribution < -0.4 is 5.48 Å². The van der Waals surface area contributed by atoms with Crippen LogP contribution in [0.1, 0.15) is 11.1 Å². The maximum atomic E-state index is 11.7. The molecule has 0 saturated carbocycles. The van der Waals surface area contributed by atoms with Gasteiger partial charge in [0.15, 0.2) is 6.61 Å². The third-order valence-corrected chi connectivity index (χ3v) is 1.75. The summed E-state index contributed by atoms with van der Waals surface area (Å²) in [6, 6.07) is 1.78. The van der Waals surface area contributed by atoms with E-state index in [0.717, 1.165) is 11.1 Å². The van der Waals surface area contributed by atoms with E-state index >= 15 is 0 Å². The summed E-state index contributed by atoms with van der Waals surface area (Å²) in [5.74, 6) is 0. The van der Waals surface area contributed by atoms with Crippen LogP contribution in [0.4, 0.5) is 13.2 Å². The van der Waals surface area contributed by atoms with E-state index < -0.39 is 12.8 Å². The first kappa shape index (κ1) is 11.9. The zero-order valence-corrected chi connectivity index (χ0v) is 8.14. The molecule has 0 atom stereocenters. The number of aromatic nitrogens is 1. The van der Waals surface area contributed by atoms with Crippen molar-refractivity contribution in [2.24, 2.45) is 0 Å². The fourth-order valence-electron chi connectivity index (χ4n) is 0.943. The average Bonchev–Trinajstić information content (AvgIpc) is 2.13. The molecular weight excluding hydrogens is 209 g/mol. The minimum atomic E-state index is -4.31. The van der Waals surface area contributed by atoms with Gasteiger partial charge in [0.2, 0.25) is 0 Å². The zero-order chi connectivity index (χ0) is 11.3. The third kappa shape index (κ3) is 4.75. The minimum Gasteiger partial charge on any atom is -0.292 e. The van der Waals surface area contributed by atoms with Crippen molar-refractivity contribution in [1.29, 1.82) is 0 Å². The normalized spacial score (nSPS) is 11.7. The monoisotopic (exact) mass is 220 g/mol. The van der Waals surface area contributed by atoms with Crippen molar-refractivity contribution in [3.05, 3.63) is 29.6 Å². The lowest BCUT2D eigenvalue weighted by atomic mass is 10.2. The number of nitrogens with zero attached hydrogens (tertiary/aromatic N) is 1. The first-order valence-electron chi connectivity index (χ1n) is 4.30. The van der Waals surface area contributed by atoms with E-state index in [-0.39, 0.29) is 6.54 Å². The Kier molecular flexibility index (Phi) is 4.05. The van der Waals surface area contributed by atoms with Gasteiger partial charge >= 0.3 is 6.18 Å². The van der Waals surface area contributed by atoms with Gasteiger partial charge in [0.1, 0.15) is 0 Å². The van der Waals surface area contributed by atoms with Crippen molar-refractivity contribution in [2.45, 2.75) is 19.6 Å². The van der Waals surface area contributed by atoms with Gasteiger partial charge in [-0.1, -0.05) is 0 Å². The third-order valence-electron chi connectivity index (χ3n) is 1.75. The summed E-state index contributed by atoms with van der Waals surface area (Å²) in [5, 5.41) is 0. The molecule has 6 heteroatoms. The van der Waals surface area contributed by atoms with E-state index in [1.54, 1.807) is 18.5 Å². The Bertz CT molecular complexity index is 314. The number of hydrogen-bond acceptors (Lipinski definition) is 3. The van der Waals surface area contributed by atoms with Crippen molar-refractivity contribution >= 4 is 0 Å². The molecule has 0 unspecified atom stereocenters. The van der Waals surface area contributed by atoms with E-state index in [1.165, 1.54) is 0 Å². The number of alkyl halides is 3. The molecule has 1 aromatic heterocycles. The predicted octanol–water partition coefficient (Wildman–Crippen LogP) is 1.97. The first-order valence-corrected chi connectivity index (χ1v) is 4.30. The van der Waals surface area contributed by atoms with Crippen molar-refractivity contribution in [1.82, 2.24) is 10.5 Å². The van der Waals surface area contributed by atoms with Crippen LogP contribution in [0.2, 0.25) is 0 Å². The molecule has 1 aromatic rings. The van der Waals surface area contributed by atoms with Crippen LogP contribution in [0.5, 0.6) is 0 Å². The van der Waals surface area contributed by atoms with E-state index in [9.17, 15) is 13.2 Å².